The molecule has 560 valence electrons. The van der Waals surface area contributed by atoms with Crippen molar-refractivity contribution in [2.75, 3.05) is 29.4 Å². The van der Waals surface area contributed by atoms with Crippen LogP contribution in [0.1, 0.15) is 173 Å². The molecule has 0 aliphatic carbocycles. The predicted molar refractivity (Wildman–Crippen MR) is 476 cm³/mol. The summed E-state index contributed by atoms with van der Waals surface area (Å²) < 4.78 is 5.96. The lowest BCUT2D eigenvalue weighted by Gasteiger charge is -2.47. The summed E-state index contributed by atoms with van der Waals surface area (Å²) in [6.07, 6.45) is 0. The molecular formula is C97H126N6OSSi. The third-order valence-corrected chi connectivity index (χ3v) is 23.9. The maximum Gasteiger partial charge on any atom is 0.151 e. The van der Waals surface area contributed by atoms with Crippen LogP contribution >= 0.6 is 11.8 Å². The minimum atomic E-state index is -1.59. The molecular weight excluding hydrogens is 1330 g/mol. The minimum Gasteiger partial charge on any atom is -0.453 e. The maximum absolute atomic E-state index is 5.96. The highest BCUT2D eigenvalue weighted by Crippen LogP contribution is 2.56. The Morgan fingerprint density at radius 3 is 0.877 bits per heavy atom. The van der Waals surface area contributed by atoms with Gasteiger partial charge in [0.15, 0.2) is 11.5 Å². The number of ether oxygens (including phenoxy) is 1. The third kappa shape index (κ3) is 16.7. The highest BCUT2D eigenvalue weighted by Gasteiger charge is 2.43. The summed E-state index contributed by atoms with van der Waals surface area (Å²) in [4.78, 5) is 17.2. The number of anilines is 13. The van der Waals surface area contributed by atoms with E-state index < -0.39 is 8.07 Å². The van der Waals surface area contributed by atoms with E-state index in [1.165, 1.54) is 83.5 Å². The fraction of sp³-hybridized carbons (Fsp3) is 0.320. The topological polar surface area (TPSA) is 28.7 Å². The molecule has 0 amide bonds. The molecule has 0 unspecified atom stereocenters. The smallest absolute Gasteiger partial charge is 0.151 e. The molecule has 0 atom stereocenters. The molecule has 106 heavy (non-hydrogen) atoms. The predicted octanol–water partition coefficient (Wildman–Crippen LogP) is 29.1. The van der Waals surface area contributed by atoms with Gasteiger partial charge in [-0.2, -0.15) is 0 Å². The first-order valence-electron chi connectivity index (χ1n) is 35.5. The van der Waals surface area contributed by atoms with E-state index >= 15 is 0 Å². The van der Waals surface area contributed by atoms with Crippen molar-refractivity contribution in [2.45, 2.75) is 218 Å². The molecule has 11 aromatic carbocycles. The van der Waals surface area contributed by atoms with E-state index in [0.717, 1.165) is 22.9 Å². The molecule has 5 aliphatic heterocycles. The summed E-state index contributed by atoms with van der Waals surface area (Å²) in [5.41, 5.74) is 19.6. The van der Waals surface area contributed by atoms with Crippen molar-refractivity contribution in [1.82, 2.24) is 0 Å². The fourth-order valence-electron chi connectivity index (χ4n) is 15.2. The molecule has 16 rings (SSSR count). The summed E-state index contributed by atoms with van der Waals surface area (Å²) >= 11 is 1.86. The van der Waals surface area contributed by atoms with Gasteiger partial charge in [0.1, 0.15) is 8.07 Å². The van der Waals surface area contributed by atoms with Crippen LogP contribution in [0.5, 0.6) is 11.5 Å². The van der Waals surface area contributed by atoms with Crippen LogP contribution in [-0.4, -0.2) is 35.8 Å². The van der Waals surface area contributed by atoms with Crippen LogP contribution in [0.4, 0.5) is 73.9 Å². The zero-order chi connectivity index (χ0) is 71.3. The fourth-order valence-corrected chi connectivity index (χ4v) is 19.2. The lowest BCUT2D eigenvalue weighted by atomic mass is 9.73. The van der Waals surface area contributed by atoms with E-state index in [4.69, 9.17) is 4.74 Å². The first-order valence-corrected chi connectivity index (χ1v) is 39.3. The molecule has 0 radical (unpaired) electrons. The molecule has 0 aromatic heterocycles. The molecule has 0 saturated carbocycles. The molecule has 5 aliphatic rings. The van der Waals surface area contributed by atoms with Crippen LogP contribution < -0.4 is 44.5 Å². The van der Waals surface area contributed by atoms with Gasteiger partial charge < -0.3 is 34.1 Å². The van der Waals surface area contributed by atoms with Crippen molar-refractivity contribution < 1.29 is 4.74 Å². The Hall–Kier alpha value is -9.41. The number of rotatable bonds is 1. The number of para-hydroxylation sites is 15. The third-order valence-electron chi connectivity index (χ3n) is 19.2. The summed E-state index contributed by atoms with van der Waals surface area (Å²) in [6.45, 7) is 43.5. The monoisotopic (exact) mass is 1450 g/mol. The van der Waals surface area contributed by atoms with Gasteiger partial charge in [0, 0.05) is 71.3 Å². The van der Waals surface area contributed by atoms with Crippen LogP contribution in [0.3, 0.4) is 0 Å². The van der Waals surface area contributed by atoms with Crippen molar-refractivity contribution in [3.8, 4) is 11.5 Å². The second-order valence-corrected chi connectivity index (χ2v) is 38.0. The maximum atomic E-state index is 5.96. The molecule has 0 bridgehead atoms. The average molecular weight is 1450 g/mol. The van der Waals surface area contributed by atoms with Crippen LogP contribution in [0.15, 0.2) is 283 Å². The van der Waals surface area contributed by atoms with Gasteiger partial charge in [-0.25, -0.2) is 0 Å². The number of fused-ring (bicyclic) bond motifs is 10. The summed E-state index contributed by atoms with van der Waals surface area (Å²) in [5.74, 6) is 1.84. The van der Waals surface area contributed by atoms with E-state index in [0.29, 0.717) is 0 Å². The Balaban J connectivity index is 0.000000205. The van der Waals surface area contributed by atoms with E-state index in [1.54, 1.807) is 10.4 Å². The quantitative estimate of drug-likeness (QED) is 0.150. The first kappa shape index (κ1) is 85.5. The molecule has 5 heterocycles. The SMILES string of the molecule is C.C.C.C.C.C.CC(C)(C)N1c2ccccc2N(c2ccccc2)c2ccccc21.CC(C)(C)N1c2ccccc2Oc2ccccc21.CC(C)(C)N1c2ccccc2Sc2ccccc21.CC(C)(C)N1c2ccccc2[Si](C)(C)c2ccccc21.CC1(C)c2ccccc2N(C(C)(C)C)c2ccccc21. The Kier molecular flexibility index (Phi) is 26.8. The summed E-state index contributed by atoms with van der Waals surface area (Å²) in [6, 6.07) is 97.1. The van der Waals surface area contributed by atoms with Crippen LogP contribution in [0, 0.1) is 0 Å². The Bertz CT molecular complexity index is 4250. The van der Waals surface area contributed by atoms with Gasteiger partial charge in [-0.1, -0.05) is 247 Å². The summed E-state index contributed by atoms with van der Waals surface area (Å²) in [5, 5.41) is 3.10. The number of hydrogen-bond acceptors (Lipinski definition) is 8. The van der Waals surface area contributed by atoms with Gasteiger partial charge in [0.25, 0.3) is 0 Å². The van der Waals surface area contributed by atoms with Gasteiger partial charge >= 0.3 is 0 Å². The number of nitrogens with zero attached hydrogens (tertiary/aromatic N) is 6. The molecule has 9 heteroatoms. The number of hydrogen-bond donors (Lipinski definition) is 0. The zero-order valence-corrected chi connectivity index (χ0v) is 64.3. The van der Waals surface area contributed by atoms with Gasteiger partial charge in [0.05, 0.1) is 45.5 Å². The normalized spacial score (nSPS) is 14.0. The first-order chi connectivity index (χ1) is 47.4. The largest absolute Gasteiger partial charge is 0.453 e. The Morgan fingerprint density at radius 1 is 0.264 bits per heavy atom. The molecule has 0 spiro atoms. The molecule has 0 fully saturated rings. The van der Waals surface area contributed by atoms with Crippen LogP contribution in [-0.2, 0) is 5.41 Å². The van der Waals surface area contributed by atoms with Gasteiger partial charge in [0.2, 0.25) is 0 Å². The molecule has 0 N–H and O–H groups in total. The number of benzene rings is 11. The standard InChI is InChI=1S/C22H22N2.C19H23N.C18H23NSi.C16H17NO.C16H17NS.6CH4/c1-22(2,3)24-20-15-9-7-13-18(20)23(17-11-5-4-6-12-17)19-14-8-10-16-21(19)24;1-18(2,3)20-16-12-8-6-10-14(16)19(4,5)15-11-7-9-13-17(15)20;1-18(2,3)19-14-10-6-8-12-16(14)20(4,5)17-13-9-7-11-15(17)19;2*1-16(2,3)17-12-8-4-6-10-14(12)18-15-11-7-5-9-13(15)17;;;;;;/h4-16H,1-3H3;2*6-13H,1-5H3;2*4-11H,1-3H3;6*1H4. The Morgan fingerprint density at radius 2 is 0.509 bits per heavy atom. The van der Waals surface area contributed by atoms with Gasteiger partial charge in [-0.3, -0.25) is 0 Å². The minimum absolute atomic E-state index is 0. The van der Waals surface area contributed by atoms with Crippen LogP contribution in [0.25, 0.3) is 0 Å². The molecule has 7 nitrogen and oxygen atoms in total. The van der Waals surface area contributed by atoms with Crippen molar-refractivity contribution in [3.63, 3.8) is 0 Å². The van der Waals surface area contributed by atoms with E-state index in [9.17, 15) is 0 Å². The lowest BCUT2D eigenvalue weighted by molar-refractivity contribution is 0.451. The van der Waals surface area contributed by atoms with E-state index in [1.807, 2.05) is 36.0 Å². The van der Waals surface area contributed by atoms with Crippen molar-refractivity contribution >= 4 is 104 Å². The molecule has 11 aromatic rings. The highest BCUT2D eigenvalue weighted by atomic mass is 32.2. The second kappa shape index (κ2) is 33.2. The van der Waals surface area contributed by atoms with E-state index in [2.05, 4.69) is 409 Å². The Labute approximate surface area is 648 Å². The van der Waals surface area contributed by atoms with Gasteiger partial charge in [-0.05, 0) is 235 Å². The lowest BCUT2D eigenvalue weighted by Crippen LogP contribution is -2.61. The zero-order valence-electron chi connectivity index (χ0n) is 62.5. The van der Waals surface area contributed by atoms with Gasteiger partial charge in [-0.15, -0.1) is 0 Å². The van der Waals surface area contributed by atoms with Crippen molar-refractivity contribution in [1.29, 1.82) is 0 Å². The van der Waals surface area contributed by atoms with Crippen molar-refractivity contribution in [3.05, 3.63) is 284 Å². The highest BCUT2D eigenvalue weighted by molar-refractivity contribution is 7.99. The van der Waals surface area contributed by atoms with E-state index in [-0.39, 0.29) is 77.7 Å². The van der Waals surface area contributed by atoms with Crippen molar-refractivity contribution in [2.24, 2.45) is 0 Å². The summed E-state index contributed by atoms with van der Waals surface area (Å²) in [7, 11) is -1.59. The second-order valence-electron chi connectivity index (χ2n) is 32.6. The van der Waals surface area contributed by atoms with Crippen LogP contribution in [0.2, 0.25) is 13.1 Å². The molecule has 0 saturated heterocycles. The average Bonchev–Trinajstić information content (AvgIpc) is 0.739.